The third-order valence-electron chi connectivity index (χ3n) is 0.955. The average Bonchev–Trinajstić information content (AvgIpc) is 1.98. The van der Waals surface area contributed by atoms with Gasteiger partial charge in [0.25, 0.3) is 6.47 Å². The minimum absolute atomic E-state index is 0.0295. The van der Waals surface area contributed by atoms with E-state index < -0.39 is 5.82 Å². The first kappa shape index (κ1) is 7.94. The van der Waals surface area contributed by atoms with Crippen molar-refractivity contribution in [2.45, 2.75) is 0 Å². The SMILES string of the molecule is O=COc1cnc(Cl)c(F)c1. The van der Waals surface area contributed by atoms with Gasteiger partial charge in [-0.15, -0.1) is 0 Å². The zero-order valence-electron chi connectivity index (χ0n) is 5.25. The molecule has 0 aliphatic carbocycles. The van der Waals surface area contributed by atoms with Crippen molar-refractivity contribution in [3.8, 4) is 5.75 Å². The lowest BCUT2D eigenvalue weighted by atomic mass is 10.4. The Labute approximate surface area is 66.8 Å². The van der Waals surface area contributed by atoms with E-state index in [0.717, 1.165) is 12.3 Å². The second kappa shape index (κ2) is 3.30. The van der Waals surface area contributed by atoms with Crippen LogP contribution < -0.4 is 4.74 Å². The molecule has 0 aliphatic heterocycles. The molecular formula is C6H3ClFNO2. The zero-order valence-corrected chi connectivity index (χ0v) is 6.01. The van der Waals surface area contributed by atoms with Crippen molar-refractivity contribution in [2.75, 3.05) is 0 Å². The molecule has 0 radical (unpaired) electrons. The molecule has 0 amide bonds. The summed E-state index contributed by atoms with van der Waals surface area (Å²) in [5, 5.41) is -0.247. The molecule has 58 valence electrons. The molecule has 0 bridgehead atoms. The smallest absolute Gasteiger partial charge is 0.298 e. The summed E-state index contributed by atoms with van der Waals surface area (Å²) in [6, 6.07) is 0.976. The third-order valence-corrected chi connectivity index (χ3v) is 1.23. The highest BCUT2D eigenvalue weighted by Crippen LogP contribution is 2.16. The maximum Gasteiger partial charge on any atom is 0.298 e. The van der Waals surface area contributed by atoms with Crippen LogP contribution >= 0.6 is 11.6 Å². The standard InChI is InChI=1S/C6H3ClFNO2/c7-6-5(8)1-4(2-9-6)11-3-10/h1-3H. The maximum atomic E-state index is 12.5. The van der Waals surface area contributed by atoms with Gasteiger partial charge in [-0.05, 0) is 0 Å². The fraction of sp³-hybridized carbons (Fsp3) is 0. The Bertz CT molecular complexity index is 279. The molecular weight excluding hydrogens is 173 g/mol. The van der Waals surface area contributed by atoms with Crippen LogP contribution in [0.3, 0.4) is 0 Å². The molecule has 0 saturated heterocycles. The molecule has 0 unspecified atom stereocenters. The molecule has 0 atom stereocenters. The maximum absolute atomic E-state index is 12.5. The number of pyridine rings is 1. The van der Waals surface area contributed by atoms with Gasteiger partial charge in [0.2, 0.25) is 0 Å². The van der Waals surface area contributed by atoms with Crippen molar-refractivity contribution >= 4 is 18.1 Å². The Morgan fingerprint density at radius 1 is 1.73 bits per heavy atom. The number of carbonyl (C=O) groups is 1. The van der Waals surface area contributed by atoms with E-state index in [1.54, 1.807) is 0 Å². The fourth-order valence-electron chi connectivity index (χ4n) is 0.524. The Morgan fingerprint density at radius 3 is 3.00 bits per heavy atom. The Kier molecular flexibility index (Phi) is 2.38. The summed E-state index contributed by atoms with van der Waals surface area (Å²) in [6.45, 7) is 0.185. The average molecular weight is 176 g/mol. The quantitative estimate of drug-likeness (QED) is 0.504. The zero-order chi connectivity index (χ0) is 8.27. The van der Waals surface area contributed by atoms with Gasteiger partial charge in [-0.25, -0.2) is 9.37 Å². The van der Waals surface area contributed by atoms with Crippen molar-refractivity contribution in [1.82, 2.24) is 4.98 Å². The summed E-state index contributed by atoms with van der Waals surface area (Å²) in [5.74, 6) is -0.687. The second-order valence-corrected chi connectivity index (χ2v) is 2.02. The Morgan fingerprint density at radius 2 is 2.45 bits per heavy atom. The number of rotatable bonds is 2. The molecule has 0 N–H and O–H groups in total. The van der Waals surface area contributed by atoms with Gasteiger partial charge in [-0.1, -0.05) is 11.6 Å². The van der Waals surface area contributed by atoms with Gasteiger partial charge in [0, 0.05) is 6.07 Å². The Balaban J connectivity index is 2.95. The molecule has 0 saturated carbocycles. The van der Waals surface area contributed by atoms with E-state index in [1.807, 2.05) is 0 Å². The van der Waals surface area contributed by atoms with E-state index in [2.05, 4.69) is 9.72 Å². The number of hydrogen-bond donors (Lipinski definition) is 0. The second-order valence-electron chi connectivity index (χ2n) is 1.66. The molecule has 0 aromatic carbocycles. The molecule has 0 spiro atoms. The lowest BCUT2D eigenvalue weighted by Crippen LogP contribution is -1.91. The topological polar surface area (TPSA) is 39.2 Å². The van der Waals surface area contributed by atoms with Crippen LogP contribution in [0, 0.1) is 5.82 Å². The summed E-state index contributed by atoms with van der Waals surface area (Å²) in [7, 11) is 0. The summed E-state index contributed by atoms with van der Waals surface area (Å²) in [6.07, 6.45) is 1.15. The van der Waals surface area contributed by atoms with Crippen LogP contribution in [0.15, 0.2) is 12.3 Å². The molecule has 3 nitrogen and oxygen atoms in total. The predicted molar refractivity (Wildman–Crippen MR) is 35.9 cm³/mol. The first-order valence-corrected chi connectivity index (χ1v) is 3.03. The van der Waals surface area contributed by atoms with Gasteiger partial charge >= 0.3 is 0 Å². The summed E-state index contributed by atoms with van der Waals surface area (Å²) < 4.78 is 16.8. The minimum atomic E-state index is -0.717. The van der Waals surface area contributed by atoms with Crippen LogP contribution in [0.5, 0.6) is 5.75 Å². The number of ether oxygens (including phenoxy) is 1. The number of nitrogens with zero attached hydrogens (tertiary/aromatic N) is 1. The van der Waals surface area contributed by atoms with Gasteiger partial charge in [-0.3, -0.25) is 4.79 Å². The first-order valence-electron chi connectivity index (χ1n) is 2.65. The van der Waals surface area contributed by atoms with Gasteiger partial charge in [-0.2, -0.15) is 0 Å². The molecule has 1 aromatic heterocycles. The van der Waals surface area contributed by atoms with Crippen LogP contribution in [-0.4, -0.2) is 11.5 Å². The molecule has 1 rings (SSSR count). The number of halogens is 2. The highest BCUT2D eigenvalue weighted by atomic mass is 35.5. The van der Waals surface area contributed by atoms with Crippen LogP contribution in [0.25, 0.3) is 0 Å². The van der Waals surface area contributed by atoms with Crippen LogP contribution in [-0.2, 0) is 4.79 Å². The van der Waals surface area contributed by atoms with E-state index in [1.165, 1.54) is 0 Å². The number of carbonyl (C=O) groups excluding carboxylic acids is 1. The van der Waals surface area contributed by atoms with E-state index in [4.69, 9.17) is 11.6 Å². The monoisotopic (exact) mass is 175 g/mol. The Hall–Kier alpha value is -1.16. The predicted octanol–water partition coefficient (Wildman–Crippen LogP) is 1.41. The van der Waals surface area contributed by atoms with Crippen LogP contribution in [0.2, 0.25) is 5.15 Å². The summed E-state index contributed by atoms with van der Waals surface area (Å²) >= 11 is 5.25. The molecule has 5 heteroatoms. The molecule has 0 aliphatic rings. The van der Waals surface area contributed by atoms with Gasteiger partial charge in [0.15, 0.2) is 16.7 Å². The third kappa shape index (κ3) is 1.88. The van der Waals surface area contributed by atoms with Gasteiger partial charge < -0.3 is 4.74 Å². The van der Waals surface area contributed by atoms with E-state index >= 15 is 0 Å². The van der Waals surface area contributed by atoms with E-state index in [-0.39, 0.29) is 17.4 Å². The first-order chi connectivity index (χ1) is 5.24. The van der Waals surface area contributed by atoms with Crippen LogP contribution in [0.1, 0.15) is 0 Å². The lowest BCUT2D eigenvalue weighted by molar-refractivity contribution is -0.120. The van der Waals surface area contributed by atoms with Crippen molar-refractivity contribution < 1.29 is 13.9 Å². The summed E-state index contributed by atoms with van der Waals surface area (Å²) in [5.41, 5.74) is 0. The number of hydrogen-bond acceptors (Lipinski definition) is 3. The summed E-state index contributed by atoms with van der Waals surface area (Å²) in [4.78, 5) is 13.2. The van der Waals surface area contributed by atoms with E-state index in [9.17, 15) is 9.18 Å². The van der Waals surface area contributed by atoms with Crippen molar-refractivity contribution in [3.05, 3.63) is 23.2 Å². The normalized spacial score (nSPS) is 9.27. The van der Waals surface area contributed by atoms with Crippen molar-refractivity contribution in [3.63, 3.8) is 0 Å². The van der Waals surface area contributed by atoms with E-state index in [0.29, 0.717) is 0 Å². The van der Waals surface area contributed by atoms with Crippen molar-refractivity contribution in [1.29, 1.82) is 0 Å². The molecule has 1 aromatic rings. The van der Waals surface area contributed by atoms with Gasteiger partial charge in [0.1, 0.15) is 0 Å². The van der Waals surface area contributed by atoms with Crippen molar-refractivity contribution in [2.24, 2.45) is 0 Å². The van der Waals surface area contributed by atoms with Gasteiger partial charge in [0.05, 0.1) is 6.20 Å². The highest BCUT2D eigenvalue weighted by Gasteiger charge is 2.01. The molecule has 1 heterocycles. The van der Waals surface area contributed by atoms with Crippen LogP contribution in [0.4, 0.5) is 4.39 Å². The highest BCUT2D eigenvalue weighted by molar-refractivity contribution is 6.29. The minimum Gasteiger partial charge on any atom is -0.427 e. The fourth-order valence-corrected chi connectivity index (χ4v) is 0.627. The largest absolute Gasteiger partial charge is 0.427 e. The lowest BCUT2D eigenvalue weighted by Gasteiger charge is -1.96. The molecule has 11 heavy (non-hydrogen) atoms. The number of aromatic nitrogens is 1. The molecule has 0 fully saturated rings.